The summed E-state index contributed by atoms with van der Waals surface area (Å²) in [6, 6.07) is 2.39. The van der Waals surface area contributed by atoms with Crippen LogP contribution in [0, 0.1) is 0 Å². The van der Waals surface area contributed by atoms with Crippen LogP contribution in [0.1, 0.15) is 5.56 Å². The van der Waals surface area contributed by atoms with Crippen molar-refractivity contribution < 1.29 is 28.6 Å². The first kappa shape index (κ1) is 18.1. The lowest BCUT2D eigenvalue weighted by molar-refractivity contribution is -0.129. The van der Waals surface area contributed by atoms with Crippen molar-refractivity contribution in [3.63, 3.8) is 0 Å². The zero-order chi connectivity index (χ0) is 18.6. The number of barbiturate groups is 1. The van der Waals surface area contributed by atoms with Crippen molar-refractivity contribution in [1.29, 1.82) is 0 Å². The molecule has 1 aromatic rings. The number of hydrogen-bond acceptors (Lipinski definition) is 6. The second-order valence-electron chi connectivity index (χ2n) is 4.98. The van der Waals surface area contributed by atoms with Crippen LogP contribution in [0.5, 0.6) is 17.2 Å². The van der Waals surface area contributed by atoms with Crippen molar-refractivity contribution in [3.8, 4) is 17.2 Å². The smallest absolute Gasteiger partial charge is 0.331 e. The number of amides is 4. The fraction of sp³-hybridized carbons (Fsp3) is 0.235. The lowest BCUT2D eigenvalue weighted by Crippen LogP contribution is -2.54. The monoisotopic (exact) mass is 346 g/mol. The summed E-state index contributed by atoms with van der Waals surface area (Å²) in [5.74, 6) is -0.353. The van der Waals surface area contributed by atoms with Crippen LogP contribution < -0.4 is 19.5 Å². The van der Waals surface area contributed by atoms with E-state index in [1.807, 2.05) is 0 Å². The summed E-state index contributed by atoms with van der Waals surface area (Å²) in [6.45, 7) is 3.48. The van der Waals surface area contributed by atoms with Gasteiger partial charge >= 0.3 is 6.03 Å². The Labute approximate surface area is 144 Å². The predicted molar refractivity (Wildman–Crippen MR) is 89.5 cm³/mol. The number of rotatable bonds is 6. The first-order valence-electron chi connectivity index (χ1n) is 7.26. The number of urea groups is 1. The van der Waals surface area contributed by atoms with Gasteiger partial charge in [0, 0.05) is 6.54 Å². The van der Waals surface area contributed by atoms with Crippen LogP contribution in [0.3, 0.4) is 0 Å². The van der Waals surface area contributed by atoms with Crippen LogP contribution in [0.15, 0.2) is 30.4 Å². The molecule has 8 heteroatoms. The molecule has 1 aliphatic rings. The third-order valence-electron chi connectivity index (χ3n) is 3.50. The molecule has 25 heavy (non-hydrogen) atoms. The van der Waals surface area contributed by atoms with Crippen molar-refractivity contribution in [1.82, 2.24) is 10.2 Å². The highest BCUT2D eigenvalue weighted by Crippen LogP contribution is 2.38. The molecule has 1 aliphatic heterocycles. The van der Waals surface area contributed by atoms with Gasteiger partial charge < -0.3 is 14.2 Å². The number of ether oxygens (including phenoxy) is 3. The number of carbonyl (C=O) groups excluding carboxylic acids is 3. The summed E-state index contributed by atoms with van der Waals surface area (Å²) < 4.78 is 15.7. The molecule has 2 rings (SSSR count). The maximum Gasteiger partial charge on any atom is 0.331 e. The van der Waals surface area contributed by atoms with Crippen molar-refractivity contribution in [2.45, 2.75) is 0 Å². The Morgan fingerprint density at radius 1 is 1.08 bits per heavy atom. The van der Waals surface area contributed by atoms with E-state index < -0.39 is 17.8 Å². The summed E-state index contributed by atoms with van der Waals surface area (Å²) in [7, 11) is 4.38. The van der Waals surface area contributed by atoms with E-state index in [4.69, 9.17) is 14.2 Å². The lowest BCUT2D eigenvalue weighted by Gasteiger charge is -2.25. The lowest BCUT2D eigenvalue weighted by atomic mass is 10.1. The van der Waals surface area contributed by atoms with Gasteiger partial charge in [0.15, 0.2) is 11.5 Å². The third-order valence-corrected chi connectivity index (χ3v) is 3.50. The zero-order valence-electron chi connectivity index (χ0n) is 14.1. The van der Waals surface area contributed by atoms with Crippen LogP contribution >= 0.6 is 0 Å². The van der Waals surface area contributed by atoms with Gasteiger partial charge in [-0.05, 0) is 23.8 Å². The Morgan fingerprint density at radius 3 is 2.16 bits per heavy atom. The molecular weight excluding hydrogens is 328 g/mol. The molecule has 1 aromatic carbocycles. The standard InChI is InChI=1S/C17H18N2O6/c1-5-6-19-16(21)11(15(20)18-17(19)22)7-10-8-12(23-2)14(25-4)13(9-10)24-3/h5,7-9H,1,6H2,2-4H3,(H,18,20,22). The van der Waals surface area contributed by atoms with Gasteiger partial charge in [-0.2, -0.15) is 0 Å². The van der Waals surface area contributed by atoms with E-state index >= 15 is 0 Å². The molecule has 1 fully saturated rings. The second-order valence-corrected chi connectivity index (χ2v) is 4.98. The molecule has 0 aromatic heterocycles. The Kier molecular flexibility index (Phi) is 5.43. The van der Waals surface area contributed by atoms with Crippen LogP contribution in [0.4, 0.5) is 4.79 Å². The number of benzene rings is 1. The number of methoxy groups -OCH3 is 3. The van der Waals surface area contributed by atoms with Gasteiger partial charge in [0.1, 0.15) is 5.57 Å². The van der Waals surface area contributed by atoms with Crippen molar-refractivity contribution in [2.75, 3.05) is 27.9 Å². The van der Waals surface area contributed by atoms with Gasteiger partial charge in [0.05, 0.1) is 21.3 Å². The van der Waals surface area contributed by atoms with Gasteiger partial charge in [-0.1, -0.05) is 6.08 Å². The topological polar surface area (TPSA) is 94.2 Å². The molecule has 1 saturated heterocycles. The number of carbonyl (C=O) groups is 3. The maximum atomic E-state index is 12.4. The molecule has 0 aliphatic carbocycles. The van der Waals surface area contributed by atoms with Gasteiger partial charge in [-0.3, -0.25) is 19.8 Å². The van der Waals surface area contributed by atoms with Crippen molar-refractivity contribution in [3.05, 3.63) is 35.9 Å². The van der Waals surface area contributed by atoms with Gasteiger partial charge in [-0.15, -0.1) is 6.58 Å². The first-order chi connectivity index (χ1) is 12.0. The average molecular weight is 346 g/mol. The Balaban J connectivity index is 2.51. The van der Waals surface area contributed by atoms with Gasteiger partial charge in [0.25, 0.3) is 11.8 Å². The Morgan fingerprint density at radius 2 is 1.68 bits per heavy atom. The molecule has 0 atom stereocenters. The average Bonchev–Trinajstić information content (AvgIpc) is 2.61. The normalized spacial score (nSPS) is 15.9. The number of nitrogens with one attached hydrogen (secondary N) is 1. The summed E-state index contributed by atoms with van der Waals surface area (Å²) in [5.41, 5.74) is 0.289. The van der Waals surface area contributed by atoms with E-state index in [1.165, 1.54) is 33.5 Å². The number of imide groups is 2. The fourth-order valence-electron chi connectivity index (χ4n) is 2.34. The van der Waals surface area contributed by atoms with E-state index in [1.54, 1.807) is 12.1 Å². The second kappa shape index (κ2) is 7.52. The molecule has 0 spiro atoms. The van der Waals surface area contributed by atoms with Crippen LogP contribution in [-0.4, -0.2) is 50.6 Å². The highest BCUT2D eigenvalue weighted by Gasteiger charge is 2.35. The number of hydrogen-bond donors (Lipinski definition) is 1. The number of nitrogens with zero attached hydrogens (tertiary/aromatic N) is 1. The zero-order valence-corrected chi connectivity index (χ0v) is 14.1. The predicted octanol–water partition coefficient (Wildman–Crippen LogP) is 1.36. The fourth-order valence-corrected chi connectivity index (χ4v) is 2.34. The van der Waals surface area contributed by atoms with E-state index in [-0.39, 0.29) is 12.1 Å². The maximum absolute atomic E-state index is 12.4. The molecule has 132 valence electrons. The molecule has 1 N–H and O–H groups in total. The molecule has 4 amide bonds. The summed E-state index contributed by atoms with van der Waals surface area (Å²) >= 11 is 0. The Bertz CT molecular complexity index is 743. The molecule has 8 nitrogen and oxygen atoms in total. The van der Waals surface area contributed by atoms with E-state index in [2.05, 4.69) is 11.9 Å². The summed E-state index contributed by atoms with van der Waals surface area (Å²) in [6.07, 6.45) is 2.75. The molecular formula is C17H18N2O6. The summed E-state index contributed by atoms with van der Waals surface area (Å²) in [4.78, 5) is 37.1. The van der Waals surface area contributed by atoms with E-state index in [9.17, 15) is 14.4 Å². The van der Waals surface area contributed by atoms with Gasteiger partial charge in [0.2, 0.25) is 5.75 Å². The van der Waals surface area contributed by atoms with E-state index in [0.29, 0.717) is 22.8 Å². The minimum atomic E-state index is -0.781. The third kappa shape index (κ3) is 3.47. The quantitative estimate of drug-likeness (QED) is 0.475. The van der Waals surface area contributed by atoms with Crippen LogP contribution in [0.25, 0.3) is 6.08 Å². The Hall–Kier alpha value is -3.29. The van der Waals surface area contributed by atoms with Crippen molar-refractivity contribution in [2.24, 2.45) is 0 Å². The molecule has 1 heterocycles. The molecule has 0 saturated carbocycles. The van der Waals surface area contributed by atoms with Crippen LogP contribution in [-0.2, 0) is 9.59 Å². The minimum Gasteiger partial charge on any atom is -0.493 e. The summed E-state index contributed by atoms with van der Waals surface area (Å²) in [5, 5.41) is 2.12. The largest absolute Gasteiger partial charge is 0.493 e. The SMILES string of the molecule is C=CCN1C(=O)NC(=O)C(=Cc2cc(OC)c(OC)c(OC)c2)C1=O. The van der Waals surface area contributed by atoms with E-state index in [0.717, 1.165) is 4.90 Å². The highest BCUT2D eigenvalue weighted by atomic mass is 16.5. The molecule has 0 bridgehead atoms. The van der Waals surface area contributed by atoms with Crippen LogP contribution in [0.2, 0.25) is 0 Å². The first-order valence-corrected chi connectivity index (χ1v) is 7.26. The highest BCUT2D eigenvalue weighted by molar-refractivity contribution is 6.31. The molecule has 0 unspecified atom stereocenters. The van der Waals surface area contributed by atoms with Crippen molar-refractivity contribution >= 4 is 23.9 Å². The van der Waals surface area contributed by atoms with Gasteiger partial charge in [-0.25, -0.2) is 4.79 Å². The minimum absolute atomic E-state index is 0.00938. The molecule has 0 radical (unpaired) electrons.